The largest absolute Gasteiger partial charge is 0.321 e. The summed E-state index contributed by atoms with van der Waals surface area (Å²) in [6.07, 6.45) is 0.919. The highest BCUT2D eigenvalue weighted by molar-refractivity contribution is 6.05. The molecule has 0 radical (unpaired) electrons. The van der Waals surface area contributed by atoms with Crippen LogP contribution < -0.4 is 5.32 Å². The van der Waals surface area contributed by atoms with Crippen LogP contribution in [0.5, 0.6) is 0 Å². The number of benzene rings is 2. The van der Waals surface area contributed by atoms with E-state index in [-0.39, 0.29) is 11.6 Å². The zero-order chi connectivity index (χ0) is 16.3. The second-order valence-corrected chi connectivity index (χ2v) is 5.22. The van der Waals surface area contributed by atoms with Crippen molar-refractivity contribution >= 4 is 17.3 Å². The Morgan fingerprint density at radius 2 is 1.68 bits per heavy atom. The van der Waals surface area contributed by atoms with E-state index in [1.807, 2.05) is 12.1 Å². The van der Waals surface area contributed by atoms with E-state index in [2.05, 4.69) is 12.2 Å². The fourth-order valence-electron chi connectivity index (χ4n) is 2.32. The van der Waals surface area contributed by atoms with E-state index in [1.54, 1.807) is 26.0 Å². The normalized spacial score (nSPS) is 10.3. The van der Waals surface area contributed by atoms with Crippen molar-refractivity contribution < 1.29 is 9.72 Å². The Labute approximate surface area is 129 Å². The predicted molar refractivity (Wildman–Crippen MR) is 86.3 cm³/mol. The van der Waals surface area contributed by atoms with Crippen molar-refractivity contribution in [1.29, 1.82) is 0 Å². The number of nitrogens with one attached hydrogen (secondary N) is 1. The zero-order valence-corrected chi connectivity index (χ0v) is 12.8. The first-order chi connectivity index (χ1) is 10.4. The number of carbonyl (C=O) groups is 1. The van der Waals surface area contributed by atoms with Gasteiger partial charge in [0.2, 0.25) is 0 Å². The fourth-order valence-corrected chi connectivity index (χ4v) is 2.32. The highest BCUT2D eigenvalue weighted by atomic mass is 16.6. The Morgan fingerprint density at radius 1 is 1.14 bits per heavy atom. The lowest BCUT2D eigenvalue weighted by Gasteiger charge is -2.12. The Morgan fingerprint density at radius 3 is 2.14 bits per heavy atom. The Balaban J connectivity index is 2.26. The van der Waals surface area contributed by atoms with E-state index < -0.39 is 4.92 Å². The second kappa shape index (κ2) is 6.39. The standard InChI is InChI=1S/C17H18N2O3/c1-4-13-5-7-14(8-6-13)17(20)18-16-11(2)9-15(19(21)22)10-12(16)3/h5-10H,4H2,1-3H3,(H,18,20). The molecule has 0 aromatic heterocycles. The molecule has 22 heavy (non-hydrogen) atoms. The molecule has 114 valence electrons. The van der Waals surface area contributed by atoms with Crippen molar-refractivity contribution in [1.82, 2.24) is 0 Å². The van der Waals surface area contributed by atoms with Gasteiger partial charge in [-0.3, -0.25) is 14.9 Å². The summed E-state index contributed by atoms with van der Waals surface area (Å²) in [5.74, 6) is -0.220. The first-order valence-electron chi connectivity index (χ1n) is 7.08. The molecule has 0 bridgehead atoms. The number of hydrogen-bond donors (Lipinski definition) is 1. The second-order valence-electron chi connectivity index (χ2n) is 5.22. The summed E-state index contributed by atoms with van der Waals surface area (Å²) in [5, 5.41) is 13.7. The maximum atomic E-state index is 12.3. The predicted octanol–water partition coefficient (Wildman–Crippen LogP) is 4.03. The summed E-state index contributed by atoms with van der Waals surface area (Å²) in [7, 11) is 0. The number of hydrogen-bond acceptors (Lipinski definition) is 3. The van der Waals surface area contributed by atoms with Gasteiger partial charge in [-0.25, -0.2) is 0 Å². The monoisotopic (exact) mass is 298 g/mol. The zero-order valence-electron chi connectivity index (χ0n) is 12.8. The maximum absolute atomic E-state index is 12.3. The van der Waals surface area contributed by atoms with E-state index in [9.17, 15) is 14.9 Å². The average molecular weight is 298 g/mol. The van der Waals surface area contributed by atoms with Crippen LogP contribution in [-0.2, 0) is 6.42 Å². The van der Waals surface area contributed by atoms with Crippen LogP contribution in [0, 0.1) is 24.0 Å². The first kappa shape index (κ1) is 15.7. The molecule has 0 spiro atoms. The molecule has 5 nitrogen and oxygen atoms in total. The molecule has 1 amide bonds. The van der Waals surface area contributed by atoms with Crippen LogP contribution in [0.2, 0.25) is 0 Å². The van der Waals surface area contributed by atoms with Crippen molar-refractivity contribution in [3.05, 3.63) is 68.8 Å². The molecule has 2 aromatic carbocycles. The number of amides is 1. The summed E-state index contributed by atoms with van der Waals surface area (Å²) < 4.78 is 0. The van der Waals surface area contributed by atoms with Gasteiger partial charge in [0.15, 0.2) is 0 Å². The molecule has 0 aliphatic rings. The molecule has 0 aliphatic heterocycles. The smallest absolute Gasteiger partial charge is 0.270 e. The summed E-state index contributed by atoms with van der Waals surface area (Å²) in [4.78, 5) is 22.7. The van der Waals surface area contributed by atoms with E-state index in [4.69, 9.17) is 0 Å². The lowest BCUT2D eigenvalue weighted by molar-refractivity contribution is -0.384. The minimum absolute atomic E-state index is 0.0281. The third-order valence-electron chi connectivity index (χ3n) is 3.59. The van der Waals surface area contributed by atoms with Crippen LogP contribution in [0.1, 0.15) is 34.0 Å². The van der Waals surface area contributed by atoms with Gasteiger partial charge in [0.1, 0.15) is 0 Å². The molecular formula is C17H18N2O3. The Kier molecular flexibility index (Phi) is 4.56. The third kappa shape index (κ3) is 3.31. The highest BCUT2D eigenvalue weighted by Crippen LogP contribution is 2.26. The van der Waals surface area contributed by atoms with Crippen molar-refractivity contribution in [2.24, 2.45) is 0 Å². The van der Waals surface area contributed by atoms with Crippen LogP contribution >= 0.6 is 0 Å². The third-order valence-corrected chi connectivity index (χ3v) is 3.59. The quantitative estimate of drug-likeness (QED) is 0.684. The van der Waals surface area contributed by atoms with Crippen molar-refractivity contribution in [3.63, 3.8) is 0 Å². The van der Waals surface area contributed by atoms with Gasteiger partial charge < -0.3 is 5.32 Å². The number of aryl methyl sites for hydroxylation is 3. The molecule has 1 N–H and O–H groups in total. The van der Waals surface area contributed by atoms with Crippen molar-refractivity contribution in [2.45, 2.75) is 27.2 Å². The number of non-ortho nitro benzene ring substituents is 1. The lowest BCUT2D eigenvalue weighted by atomic mass is 10.1. The van der Waals surface area contributed by atoms with E-state index in [0.717, 1.165) is 6.42 Å². The molecule has 0 aliphatic carbocycles. The lowest BCUT2D eigenvalue weighted by Crippen LogP contribution is -2.14. The number of rotatable bonds is 4. The molecule has 0 unspecified atom stereocenters. The molecular weight excluding hydrogens is 280 g/mol. The minimum Gasteiger partial charge on any atom is -0.321 e. The molecule has 0 fully saturated rings. The molecule has 0 saturated heterocycles. The van der Waals surface area contributed by atoms with Gasteiger partial charge in [-0.05, 0) is 49.1 Å². The number of carbonyl (C=O) groups excluding carboxylic acids is 1. The minimum atomic E-state index is -0.435. The topological polar surface area (TPSA) is 72.2 Å². The van der Waals surface area contributed by atoms with Gasteiger partial charge in [-0.1, -0.05) is 19.1 Å². The van der Waals surface area contributed by atoms with Gasteiger partial charge in [0.25, 0.3) is 11.6 Å². The maximum Gasteiger partial charge on any atom is 0.270 e. The molecule has 0 atom stereocenters. The summed E-state index contributed by atoms with van der Waals surface area (Å²) in [5.41, 5.74) is 3.72. The Hall–Kier alpha value is -2.69. The van der Waals surface area contributed by atoms with Gasteiger partial charge in [-0.2, -0.15) is 0 Å². The Bertz CT molecular complexity index is 698. The van der Waals surface area contributed by atoms with Crippen molar-refractivity contribution in [2.75, 3.05) is 5.32 Å². The molecule has 5 heteroatoms. The summed E-state index contributed by atoms with van der Waals surface area (Å²) in [6.45, 7) is 5.55. The van der Waals surface area contributed by atoms with Gasteiger partial charge >= 0.3 is 0 Å². The molecule has 0 saturated carbocycles. The van der Waals surface area contributed by atoms with Gasteiger partial charge in [-0.15, -0.1) is 0 Å². The number of nitro groups is 1. The van der Waals surface area contributed by atoms with Crippen LogP contribution in [-0.4, -0.2) is 10.8 Å². The van der Waals surface area contributed by atoms with Crippen LogP contribution in [0.3, 0.4) is 0 Å². The highest BCUT2D eigenvalue weighted by Gasteiger charge is 2.14. The fraction of sp³-hybridized carbons (Fsp3) is 0.235. The van der Waals surface area contributed by atoms with Crippen LogP contribution in [0.25, 0.3) is 0 Å². The van der Waals surface area contributed by atoms with Gasteiger partial charge in [0, 0.05) is 23.4 Å². The number of nitro benzene ring substituents is 1. The number of nitrogens with zero attached hydrogens (tertiary/aromatic N) is 1. The summed E-state index contributed by atoms with van der Waals surface area (Å²) in [6, 6.07) is 10.3. The van der Waals surface area contributed by atoms with Gasteiger partial charge in [0.05, 0.1) is 4.92 Å². The molecule has 2 aromatic rings. The van der Waals surface area contributed by atoms with E-state index in [1.165, 1.54) is 17.7 Å². The summed E-state index contributed by atoms with van der Waals surface area (Å²) >= 11 is 0. The molecule has 0 heterocycles. The van der Waals surface area contributed by atoms with E-state index in [0.29, 0.717) is 22.4 Å². The van der Waals surface area contributed by atoms with E-state index >= 15 is 0 Å². The van der Waals surface area contributed by atoms with Crippen LogP contribution in [0.4, 0.5) is 11.4 Å². The molecule has 2 rings (SSSR count). The average Bonchev–Trinajstić information content (AvgIpc) is 2.50. The SMILES string of the molecule is CCc1ccc(C(=O)Nc2c(C)cc([N+](=O)[O-])cc2C)cc1. The van der Waals surface area contributed by atoms with Crippen LogP contribution in [0.15, 0.2) is 36.4 Å². The first-order valence-corrected chi connectivity index (χ1v) is 7.08. The number of anilines is 1. The van der Waals surface area contributed by atoms with Crippen molar-refractivity contribution in [3.8, 4) is 0 Å².